The van der Waals surface area contributed by atoms with Crippen LogP contribution in [0.1, 0.15) is 42.1 Å². The van der Waals surface area contributed by atoms with Crippen molar-refractivity contribution in [1.29, 1.82) is 0 Å². The van der Waals surface area contributed by atoms with Gasteiger partial charge in [0.15, 0.2) is 0 Å². The molecule has 1 aliphatic rings. The Bertz CT molecular complexity index is 947. The maximum absolute atomic E-state index is 13.8. The maximum Gasteiger partial charge on any atom is 0.257 e. The zero-order chi connectivity index (χ0) is 19.5. The number of hydrogen-bond donors (Lipinski definition) is 1. The van der Waals surface area contributed by atoms with Crippen molar-refractivity contribution in [2.24, 2.45) is 0 Å². The first-order valence-corrected chi connectivity index (χ1v) is 9.17. The van der Waals surface area contributed by atoms with Gasteiger partial charge < -0.3 is 5.32 Å². The van der Waals surface area contributed by atoms with Crippen LogP contribution >= 0.6 is 0 Å². The number of amides is 1. The molecule has 6 nitrogen and oxygen atoms in total. The fourth-order valence-electron chi connectivity index (χ4n) is 3.58. The Morgan fingerprint density at radius 3 is 2.50 bits per heavy atom. The zero-order valence-electron chi connectivity index (χ0n) is 15.1. The van der Waals surface area contributed by atoms with Gasteiger partial charge >= 0.3 is 0 Å². The highest BCUT2D eigenvalue weighted by Crippen LogP contribution is 2.29. The van der Waals surface area contributed by atoms with Crippen LogP contribution in [0.3, 0.4) is 0 Å². The lowest BCUT2D eigenvalue weighted by atomic mass is 9.91. The molecule has 0 aliphatic heterocycles. The van der Waals surface area contributed by atoms with E-state index in [1.807, 2.05) is 10.9 Å². The van der Waals surface area contributed by atoms with Crippen LogP contribution in [0.2, 0.25) is 0 Å². The van der Waals surface area contributed by atoms with E-state index >= 15 is 0 Å². The lowest BCUT2D eigenvalue weighted by Gasteiger charge is -2.29. The summed E-state index contributed by atoms with van der Waals surface area (Å²) < 4.78 is 29.4. The van der Waals surface area contributed by atoms with Gasteiger partial charge in [0, 0.05) is 30.2 Å². The number of halogens is 2. The Kier molecular flexibility index (Phi) is 5.10. The summed E-state index contributed by atoms with van der Waals surface area (Å²) >= 11 is 0. The minimum atomic E-state index is -0.848. The van der Waals surface area contributed by atoms with Crippen LogP contribution < -0.4 is 5.32 Å². The number of nitrogens with zero attached hydrogens (tertiary/aromatic N) is 4. The van der Waals surface area contributed by atoms with E-state index in [1.54, 1.807) is 24.8 Å². The molecule has 0 spiro atoms. The van der Waals surface area contributed by atoms with E-state index in [-0.39, 0.29) is 12.1 Å². The zero-order valence-corrected chi connectivity index (χ0v) is 15.1. The second-order valence-corrected chi connectivity index (χ2v) is 6.88. The van der Waals surface area contributed by atoms with Crippen LogP contribution in [0.15, 0.2) is 49.2 Å². The Morgan fingerprint density at radius 1 is 1.07 bits per heavy atom. The molecule has 0 radical (unpaired) electrons. The van der Waals surface area contributed by atoms with Gasteiger partial charge in [0.25, 0.3) is 5.91 Å². The highest BCUT2D eigenvalue weighted by Gasteiger charge is 2.26. The predicted octanol–water partition coefficient (Wildman–Crippen LogP) is 3.53. The van der Waals surface area contributed by atoms with Gasteiger partial charge in [-0.3, -0.25) is 19.4 Å². The first-order valence-electron chi connectivity index (χ1n) is 9.17. The van der Waals surface area contributed by atoms with Crippen LogP contribution in [0.4, 0.5) is 8.78 Å². The standard InChI is InChI=1S/C20H19F2N5O/c21-16-2-1-3-17(22)19(16)20(28)26-14-4-6-15(7-5-14)27-12-13(10-25-27)18-11-23-8-9-24-18/h1-3,8-12,14-15H,4-7H2,(H,26,28). The van der Waals surface area contributed by atoms with Crippen molar-refractivity contribution in [2.45, 2.75) is 37.8 Å². The second kappa shape index (κ2) is 7.84. The quantitative estimate of drug-likeness (QED) is 0.748. The van der Waals surface area contributed by atoms with Crippen molar-refractivity contribution in [3.8, 4) is 11.3 Å². The van der Waals surface area contributed by atoms with Crippen molar-refractivity contribution < 1.29 is 13.6 Å². The van der Waals surface area contributed by atoms with Crippen LogP contribution in [0.25, 0.3) is 11.3 Å². The molecule has 1 saturated carbocycles. The molecule has 2 heterocycles. The number of benzene rings is 1. The molecule has 2 aromatic heterocycles. The van der Waals surface area contributed by atoms with Crippen molar-refractivity contribution in [3.63, 3.8) is 0 Å². The van der Waals surface area contributed by atoms with Crippen LogP contribution in [0, 0.1) is 11.6 Å². The van der Waals surface area contributed by atoms with Crippen LogP contribution in [-0.4, -0.2) is 31.7 Å². The molecule has 0 saturated heterocycles. The summed E-state index contributed by atoms with van der Waals surface area (Å²) in [6.07, 6.45) is 11.7. The van der Waals surface area contributed by atoms with Gasteiger partial charge in [0.1, 0.15) is 17.2 Å². The number of rotatable bonds is 4. The lowest BCUT2D eigenvalue weighted by Crippen LogP contribution is -2.38. The predicted molar refractivity (Wildman–Crippen MR) is 98.4 cm³/mol. The van der Waals surface area contributed by atoms with Crippen LogP contribution in [0.5, 0.6) is 0 Å². The van der Waals surface area contributed by atoms with Gasteiger partial charge in [-0.05, 0) is 37.8 Å². The summed E-state index contributed by atoms with van der Waals surface area (Å²) in [4.78, 5) is 20.6. The third kappa shape index (κ3) is 3.76. The van der Waals surface area contributed by atoms with Gasteiger partial charge in [0.05, 0.1) is 24.1 Å². The summed E-state index contributed by atoms with van der Waals surface area (Å²) in [7, 11) is 0. The fraction of sp³-hybridized carbons (Fsp3) is 0.300. The maximum atomic E-state index is 13.8. The van der Waals surface area contributed by atoms with E-state index < -0.39 is 23.1 Å². The minimum absolute atomic E-state index is 0.113. The summed E-state index contributed by atoms with van der Waals surface area (Å²) in [5.74, 6) is -2.40. The van der Waals surface area contributed by atoms with E-state index in [4.69, 9.17) is 0 Å². The molecule has 1 aromatic carbocycles. The normalized spacial score (nSPS) is 19.4. The fourth-order valence-corrected chi connectivity index (χ4v) is 3.58. The largest absolute Gasteiger partial charge is 0.349 e. The number of carbonyl (C=O) groups is 1. The average Bonchev–Trinajstić information content (AvgIpc) is 3.19. The smallest absolute Gasteiger partial charge is 0.257 e. The highest BCUT2D eigenvalue weighted by molar-refractivity contribution is 5.94. The van der Waals surface area contributed by atoms with Crippen molar-refractivity contribution in [3.05, 3.63) is 66.4 Å². The molecule has 3 aromatic rings. The van der Waals surface area contributed by atoms with Gasteiger partial charge in [-0.15, -0.1) is 0 Å². The Hall–Kier alpha value is -3.16. The van der Waals surface area contributed by atoms with Gasteiger partial charge in [-0.25, -0.2) is 8.78 Å². The first kappa shape index (κ1) is 18.2. The molecule has 0 unspecified atom stereocenters. The SMILES string of the molecule is O=C(NC1CCC(n2cc(-c3cnccn3)cn2)CC1)c1c(F)cccc1F. The van der Waals surface area contributed by atoms with E-state index in [1.165, 1.54) is 6.07 Å². The average molecular weight is 383 g/mol. The van der Waals surface area contributed by atoms with Crippen molar-refractivity contribution >= 4 is 5.91 Å². The minimum Gasteiger partial charge on any atom is -0.349 e. The van der Waals surface area contributed by atoms with Crippen LogP contribution in [-0.2, 0) is 0 Å². The number of carbonyl (C=O) groups excluding carboxylic acids is 1. The van der Waals surface area contributed by atoms with E-state index in [0.29, 0.717) is 12.8 Å². The Morgan fingerprint density at radius 2 is 1.82 bits per heavy atom. The summed E-state index contributed by atoms with van der Waals surface area (Å²) in [5, 5.41) is 7.19. The molecule has 8 heteroatoms. The van der Waals surface area contributed by atoms with E-state index in [9.17, 15) is 13.6 Å². The molecule has 1 fully saturated rings. The van der Waals surface area contributed by atoms with Crippen molar-refractivity contribution in [1.82, 2.24) is 25.1 Å². The summed E-state index contributed by atoms with van der Waals surface area (Å²) in [6.45, 7) is 0. The number of aromatic nitrogens is 4. The molecule has 0 bridgehead atoms. The number of nitrogens with one attached hydrogen (secondary N) is 1. The molecule has 1 N–H and O–H groups in total. The van der Waals surface area contributed by atoms with Crippen molar-refractivity contribution in [2.75, 3.05) is 0 Å². The molecular weight excluding hydrogens is 364 g/mol. The van der Waals surface area contributed by atoms with Gasteiger partial charge in [0.2, 0.25) is 0 Å². The van der Waals surface area contributed by atoms with E-state index in [0.717, 1.165) is 36.2 Å². The molecule has 1 amide bonds. The van der Waals surface area contributed by atoms with E-state index in [2.05, 4.69) is 20.4 Å². The molecule has 28 heavy (non-hydrogen) atoms. The lowest BCUT2D eigenvalue weighted by molar-refractivity contribution is 0.0913. The third-order valence-electron chi connectivity index (χ3n) is 5.06. The first-order chi connectivity index (χ1) is 13.6. The monoisotopic (exact) mass is 383 g/mol. The number of hydrogen-bond acceptors (Lipinski definition) is 4. The topological polar surface area (TPSA) is 72.7 Å². The molecule has 1 aliphatic carbocycles. The summed E-state index contributed by atoms with van der Waals surface area (Å²) in [6, 6.07) is 3.51. The Labute approximate surface area is 160 Å². The third-order valence-corrected chi connectivity index (χ3v) is 5.06. The second-order valence-electron chi connectivity index (χ2n) is 6.88. The Balaban J connectivity index is 1.36. The summed E-state index contributed by atoms with van der Waals surface area (Å²) in [5.41, 5.74) is 1.14. The highest BCUT2D eigenvalue weighted by atomic mass is 19.1. The van der Waals surface area contributed by atoms with Gasteiger partial charge in [-0.2, -0.15) is 5.10 Å². The molecule has 0 atom stereocenters. The molecule has 144 valence electrons. The molecular formula is C20H19F2N5O. The molecule has 4 rings (SSSR count). The van der Waals surface area contributed by atoms with Gasteiger partial charge in [-0.1, -0.05) is 6.07 Å².